The molecular weight excluding hydrogens is 418 g/mol. The molecule has 5 rings (SSSR count). The predicted octanol–water partition coefficient (Wildman–Crippen LogP) is 4.14. The van der Waals surface area contributed by atoms with Crippen LogP contribution in [0.25, 0.3) is 0 Å². The van der Waals surface area contributed by atoms with E-state index in [1.807, 2.05) is 65.6 Å². The van der Waals surface area contributed by atoms with Crippen LogP contribution in [0.3, 0.4) is 0 Å². The Hall–Kier alpha value is -2.83. The van der Waals surface area contributed by atoms with Crippen LogP contribution < -0.4 is 0 Å². The standard InChI is InChI=1S/C26H27N3O2S/c30-22-13-7-12-21-25(22)32-23(27-21)18-28-14-16-29(17-15-28)26(31)24(19-8-3-1-4-9-19)20-10-5-2-6-11-20/h1-6,8-11,24H,7,12-18H2. The van der Waals surface area contributed by atoms with Crippen molar-refractivity contribution in [3.05, 3.63) is 87.4 Å². The highest BCUT2D eigenvalue weighted by atomic mass is 32.1. The van der Waals surface area contributed by atoms with E-state index in [-0.39, 0.29) is 17.6 Å². The molecule has 0 atom stereocenters. The Bertz CT molecular complexity index is 1050. The van der Waals surface area contributed by atoms with Crippen LogP contribution in [-0.4, -0.2) is 52.7 Å². The molecule has 0 bridgehead atoms. The molecule has 0 saturated carbocycles. The molecule has 1 aliphatic carbocycles. The number of fused-ring (bicyclic) bond motifs is 1. The fourth-order valence-electron chi connectivity index (χ4n) is 4.65. The summed E-state index contributed by atoms with van der Waals surface area (Å²) >= 11 is 1.56. The van der Waals surface area contributed by atoms with E-state index in [4.69, 9.17) is 4.98 Å². The zero-order chi connectivity index (χ0) is 21.9. The lowest BCUT2D eigenvalue weighted by Gasteiger charge is -2.36. The molecule has 6 heteroatoms. The average Bonchev–Trinajstić information content (AvgIpc) is 3.25. The molecule has 1 amide bonds. The number of benzene rings is 2. The molecule has 1 aliphatic heterocycles. The van der Waals surface area contributed by atoms with Crippen LogP contribution >= 0.6 is 11.3 Å². The molecule has 1 aromatic heterocycles. The summed E-state index contributed by atoms with van der Waals surface area (Å²) < 4.78 is 0. The first-order chi connectivity index (χ1) is 15.7. The molecule has 3 aromatic rings. The van der Waals surface area contributed by atoms with E-state index in [1.165, 1.54) is 0 Å². The Morgan fingerprint density at radius 1 is 0.906 bits per heavy atom. The minimum atomic E-state index is -0.277. The van der Waals surface area contributed by atoms with Crippen molar-refractivity contribution in [1.82, 2.24) is 14.8 Å². The van der Waals surface area contributed by atoms with Gasteiger partial charge in [-0.05, 0) is 24.0 Å². The first-order valence-electron chi connectivity index (χ1n) is 11.3. The van der Waals surface area contributed by atoms with Gasteiger partial charge in [-0.2, -0.15) is 0 Å². The highest BCUT2D eigenvalue weighted by Gasteiger charge is 2.30. The van der Waals surface area contributed by atoms with E-state index in [1.54, 1.807) is 11.3 Å². The number of amides is 1. The second-order valence-corrected chi connectivity index (χ2v) is 9.60. The fraction of sp³-hybridized carbons (Fsp3) is 0.346. The largest absolute Gasteiger partial charge is 0.339 e. The number of carbonyl (C=O) groups is 2. The van der Waals surface area contributed by atoms with Crippen molar-refractivity contribution in [3.8, 4) is 0 Å². The number of rotatable bonds is 5. The lowest BCUT2D eigenvalue weighted by molar-refractivity contribution is -0.133. The van der Waals surface area contributed by atoms with Gasteiger partial charge in [0, 0.05) is 32.6 Å². The maximum Gasteiger partial charge on any atom is 0.234 e. The lowest BCUT2D eigenvalue weighted by Crippen LogP contribution is -2.49. The molecule has 32 heavy (non-hydrogen) atoms. The average molecular weight is 446 g/mol. The van der Waals surface area contributed by atoms with Crippen molar-refractivity contribution in [2.24, 2.45) is 0 Å². The predicted molar refractivity (Wildman–Crippen MR) is 126 cm³/mol. The van der Waals surface area contributed by atoms with E-state index in [0.29, 0.717) is 19.5 Å². The summed E-state index contributed by atoms with van der Waals surface area (Å²) in [4.78, 5) is 35.7. The normalized spacial score (nSPS) is 16.9. The van der Waals surface area contributed by atoms with Gasteiger partial charge in [0.1, 0.15) is 5.01 Å². The van der Waals surface area contributed by atoms with E-state index in [2.05, 4.69) is 4.90 Å². The number of hydrogen-bond donors (Lipinski definition) is 0. The second-order valence-electron chi connectivity index (χ2n) is 8.52. The summed E-state index contributed by atoms with van der Waals surface area (Å²) in [6.45, 7) is 3.81. The summed E-state index contributed by atoms with van der Waals surface area (Å²) in [5, 5.41) is 1.02. The molecule has 5 nitrogen and oxygen atoms in total. The molecule has 1 fully saturated rings. The maximum absolute atomic E-state index is 13.6. The Balaban J connectivity index is 1.26. The van der Waals surface area contributed by atoms with Crippen molar-refractivity contribution in [1.29, 1.82) is 0 Å². The molecule has 1 saturated heterocycles. The molecule has 0 N–H and O–H groups in total. The maximum atomic E-state index is 13.6. The first kappa shape index (κ1) is 21.0. The lowest BCUT2D eigenvalue weighted by atomic mass is 9.90. The summed E-state index contributed by atoms with van der Waals surface area (Å²) in [6, 6.07) is 20.1. The van der Waals surface area contributed by atoms with Crippen molar-refractivity contribution in [2.75, 3.05) is 26.2 Å². The van der Waals surface area contributed by atoms with Gasteiger partial charge in [-0.15, -0.1) is 11.3 Å². The van der Waals surface area contributed by atoms with E-state index >= 15 is 0 Å². The van der Waals surface area contributed by atoms with Gasteiger partial charge in [0.25, 0.3) is 0 Å². The van der Waals surface area contributed by atoms with Crippen LogP contribution in [0.2, 0.25) is 0 Å². The van der Waals surface area contributed by atoms with Gasteiger partial charge in [0.05, 0.1) is 23.0 Å². The van der Waals surface area contributed by atoms with Crippen LogP contribution in [0.1, 0.15) is 50.3 Å². The SMILES string of the molecule is O=C1CCCc2nc(CN3CCN(C(=O)C(c4ccccc4)c4ccccc4)CC3)sc21. The third-order valence-electron chi connectivity index (χ3n) is 6.37. The minimum Gasteiger partial charge on any atom is -0.339 e. The number of nitrogens with zero attached hydrogens (tertiary/aromatic N) is 3. The summed E-state index contributed by atoms with van der Waals surface area (Å²) in [5.41, 5.74) is 3.05. The fourth-order valence-corrected chi connectivity index (χ4v) is 5.77. The van der Waals surface area contributed by atoms with Crippen molar-refractivity contribution in [3.63, 3.8) is 0 Å². The van der Waals surface area contributed by atoms with Gasteiger partial charge >= 0.3 is 0 Å². The molecule has 0 radical (unpaired) electrons. The number of hydrogen-bond acceptors (Lipinski definition) is 5. The van der Waals surface area contributed by atoms with E-state index in [9.17, 15) is 9.59 Å². The Morgan fingerprint density at radius 2 is 1.53 bits per heavy atom. The number of Topliss-reactive ketones (excluding diaryl/α,β-unsaturated/α-hetero) is 1. The summed E-state index contributed by atoms with van der Waals surface area (Å²) in [6.07, 6.45) is 2.49. The van der Waals surface area contributed by atoms with E-state index < -0.39 is 0 Å². The summed E-state index contributed by atoms with van der Waals surface area (Å²) in [7, 11) is 0. The minimum absolute atomic E-state index is 0.164. The molecule has 0 unspecified atom stereocenters. The zero-order valence-electron chi connectivity index (χ0n) is 18.1. The number of aromatic nitrogens is 1. The smallest absolute Gasteiger partial charge is 0.234 e. The number of carbonyl (C=O) groups excluding carboxylic acids is 2. The quantitative estimate of drug-likeness (QED) is 0.592. The van der Waals surface area contributed by atoms with Gasteiger partial charge < -0.3 is 4.90 Å². The monoisotopic (exact) mass is 445 g/mol. The third kappa shape index (κ3) is 4.38. The number of piperazine rings is 1. The van der Waals surface area contributed by atoms with Gasteiger partial charge in [-0.25, -0.2) is 4.98 Å². The number of aryl methyl sites for hydroxylation is 1. The van der Waals surface area contributed by atoms with Crippen LogP contribution in [-0.2, 0) is 17.8 Å². The summed E-state index contributed by atoms with van der Waals surface area (Å²) in [5.74, 6) is 0.135. The molecule has 164 valence electrons. The number of ketones is 1. The molecule has 2 aromatic carbocycles. The van der Waals surface area contributed by atoms with Crippen LogP contribution in [0.4, 0.5) is 0 Å². The van der Waals surface area contributed by atoms with Crippen LogP contribution in [0.5, 0.6) is 0 Å². The van der Waals surface area contributed by atoms with Gasteiger partial charge in [-0.3, -0.25) is 14.5 Å². The number of thiazole rings is 1. The van der Waals surface area contributed by atoms with Crippen LogP contribution in [0, 0.1) is 0 Å². The highest BCUT2D eigenvalue weighted by Crippen LogP contribution is 2.29. The van der Waals surface area contributed by atoms with Crippen LogP contribution in [0.15, 0.2) is 60.7 Å². The van der Waals surface area contributed by atoms with E-state index in [0.717, 1.165) is 59.2 Å². The topological polar surface area (TPSA) is 53.5 Å². The van der Waals surface area contributed by atoms with Gasteiger partial charge in [0.15, 0.2) is 5.78 Å². The first-order valence-corrected chi connectivity index (χ1v) is 12.1. The Kier molecular flexibility index (Phi) is 6.14. The highest BCUT2D eigenvalue weighted by molar-refractivity contribution is 7.13. The molecule has 0 spiro atoms. The molecular formula is C26H27N3O2S. The Labute approximate surface area is 192 Å². The zero-order valence-corrected chi connectivity index (χ0v) is 18.9. The van der Waals surface area contributed by atoms with Gasteiger partial charge in [0.2, 0.25) is 5.91 Å². The third-order valence-corrected chi connectivity index (χ3v) is 7.49. The Morgan fingerprint density at radius 3 is 2.12 bits per heavy atom. The second kappa shape index (κ2) is 9.35. The van der Waals surface area contributed by atoms with Crippen molar-refractivity contribution in [2.45, 2.75) is 31.7 Å². The van der Waals surface area contributed by atoms with Gasteiger partial charge in [-0.1, -0.05) is 60.7 Å². The van der Waals surface area contributed by atoms with Crippen molar-refractivity contribution < 1.29 is 9.59 Å². The van der Waals surface area contributed by atoms with Crippen molar-refractivity contribution >= 4 is 23.0 Å². The molecule has 2 heterocycles. The molecule has 2 aliphatic rings.